The fourth-order valence-electron chi connectivity index (χ4n) is 4.88. The highest BCUT2D eigenvalue weighted by Gasteiger charge is 2.31. The number of likely N-dealkylation sites (tertiary alicyclic amines) is 1. The summed E-state index contributed by atoms with van der Waals surface area (Å²) in [4.78, 5) is 22.4. The third-order valence-electron chi connectivity index (χ3n) is 7.24. The maximum absolute atomic E-state index is 13.6. The Morgan fingerprint density at radius 1 is 1.03 bits per heavy atom. The largest absolute Gasteiger partial charge is 0.416 e. The number of hydrogen-bond donors (Lipinski definition) is 0. The number of benzene rings is 2. The van der Waals surface area contributed by atoms with Crippen molar-refractivity contribution in [3.63, 3.8) is 0 Å². The van der Waals surface area contributed by atoms with Crippen molar-refractivity contribution < 1.29 is 18.0 Å². The van der Waals surface area contributed by atoms with Gasteiger partial charge in [0.05, 0.1) is 5.56 Å². The lowest BCUT2D eigenvalue weighted by Gasteiger charge is -2.38. The number of pyridine rings is 1. The van der Waals surface area contributed by atoms with Crippen molar-refractivity contribution in [1.29, 1.82) is 0 Å². The molecule has 202 valence electrons. The molecular formula is C31H36F3N3O. The fourth-order valence-corrected chi connectivity index (χ4v) is 4.88. The summed E-state index contributed by atoms with van der Waals surface area (Å²) in [5, 5.41) is 0. The van der Waals surface area contributed by atoms with E-state index in [1.807, 2.05) is 42.2 Å². The first kappa shape index (κ1) is 27.8. The molecule has 0 bridgehead atoms. The Labute approximate surface area is 223 Å². The third-order valence-corrected chi connectivity index (χ3v) is 7.24. The smallest absolute Gasteiger partial charge is 0.330 e. The Hall–Kier alpha value is -3.19. The number of carbonyl (C=O) groups is 1. The number of aromatic nitrogens is 1. The summed E-state index contributed by atoms with van der Waals surface area (Å²) in [6.45, 7) is 9.83. The fraction of sp³-hybridized carbons (Fsp3) is 0.419. The molecular weight excluding hydrogens is 487 g/mol. The molecule has 2 aromatic carbocycles. The van der Waals surface area contributed by atoms with Gasteiger partial charge in [-0.3, -0.25) is 9.78 Å². The highest BCUT2D eigenvalue weighted by Crippen LogP contribution is 2.32. The Morgan fingerprint density at radius 3 is 2.34 bits per heavy atom. The molecule has 0 spiro atoms. The second-order valence-corrected chi connectivity index (χ2v) is 10.7. The summed E-state index contributed by atoms with van der Waals surface area (Å²) in [5.41, 5.74) is 2.91. The molecule has 1 aromatic heterocycles. The van der Waals surface area contributed by atoms with Gasteiger partial charge < -0.3 is 9.80 Å². The molecule has 1 saturated heterocycles. The molecule has 38 heavy (non-hydrogen) atoms. The van der Waals surface area contributed by atoms with E-state index >= 15 is 0 Å². The number of piperidine rings is 1. The van der Waals surface area contributed by atoms with Gasteiger partial charge in [0, 0.05) is 31.9 Å². The van der Waals surface area contributed by atoms with Crippen LogP contribution in [0.25, 0.3) is 11.1 Å². The van der Waals surface area contributed by atoms with Crippen LogP contribution in [-0.4, -0.2) is 46.4 Å². The molecule has 1 amide bonds. The summed E-state index contributed by atoms with van der Waals surface area (Å²) in [6.07, 6.45) is 0.295. The van der Waals surface area contributed by atoms with Gasteiger partial charge in [0.1, 0.15) is 5.69 Å². The lowest BCUT2D eigenvalue weighted by molar-refractivity contribution is -0.137. The molecule has 4 rings (SSSR count). The number of halogens is 3. The predicted octanol–water partition coefficient (Wildman–Crippen LogP) is 7.23. The standard InChI is InChI=1S/C31H36F3N3O/c1-22(2)13-16-36-17-14-28(15-18-36)37(30(38)29-12-7-23(3)20-35-29)21-24-8-10-25(11-9-24)26-5-4-6-27(19-26)31(32,33)34/h4-12,19-20,22,28H,13-18,21H2,1-3H3. The monoisotopic (exact) mass is 523 g/mol. The van der Waals surface area contributed by atoms with Crippen molar-refractivity contribution in [1.82, 2.24) is 14.8 Å². The van der Waals surface area contributed by atoms with Crippen molar-refractivity contribution in [2.75, 3.05) is 19.6 Å². The van der Waals surface area contributed by atoms with Crippen LogP contribution in [0, 0.1) is 12.8 Å². The van der Waals surface area contributed by atoms with Crippen LogP contribution >= 0.6 is 0 Å². The van der Waals surface area contributed by atoms with Crippen LogP contribution in [0.2, 0.25) is 0 Å². The van der Waals surface area contributed by atoms with Gasteiger partial charge in [-0.1, -0.05) is 56.3 Å². The minimum Gasteiger partial charge on any atom is -0.330 e. The summed E-state index contributed by atoms with van der Waals surface area (Å²) in [5.74, 6) is 0.574. The van der Waals surface area contributed by atoms with E-state index in [1.165, 1.54) is 18.6 Å². The Bertz CT molecular complexity index is 1200. The number of amides is 1. The van der Waals surface area contributed by atoms with Crippen LogP contribution in [0.3, 0.4) is 0 Å². The number of alkyl halides is 3. The minimum absolute atomic E-state index is 0.0902. The highest BCUT2D eigenvalue weighted by atomic mass is 19.4. The lowest BCUT2D eigenvalue weighted by Crippen LogP contribution is -2.47. The van der Waals surface area contributed by atoms with E-state index in [0.29, 0.717) is 29.3 Å². The molecule has 2 heterocycles. The van der Waals surface area contributed by atoms with E-state index in [1.54, 1.807) is 18.3 Å². The molecule has 0 atom stereocenters. The predicted molar refractivity (Wildman–Crippen MR) is 145 cm³/mol. The highest BCUT2D eigenvalue weighted by molar-refractivity contribution is 5.92. The molecule has 0 N–H and O–H groups in total. The minimum atomic E-state index is -4.38. The second-order valence-electron chi connectivity index (χ2n) is 10.7. The van der Waals surface area contributed by atoms with E-state index in [4.69, 9.17) is 0 Å². The van der Waals surface area contributed by atoms with Gasteiger partial charge in [0.25, 0.3) is 5.91 Å². The second kappa shape index (κ2) is 12.1. The van der Waals surface area contributed by atoms with Crippen LogP contribution < -0.4 is 0 Å². The zero-order chi connectivity index (χ0) is 27.3. The van der Waals surface area contributed by atoms with Gasteiger partial charge in [-0.15, -0.1) is 0 Å². The van der Waals surface area contributed by atoms with E-state index in [2.05, 4.69) is 23.7 Å². The molecule has 4 nitrogen and oxygen atoms in total. The quantitative estimate of drug-likeness (QED) is 0.313. The summed E-state index contributed by atoms with van der Waals surface area (Å²) in [7, 11) is 0. The average Bonchev–Trinajstić information content (AvgIpc) is 2.91. The first-order valence-corrected chi connectivity index (χ1v) is 13.3. The first-order chi connectivity index (χ1) is 18.1. The number of rotatable bonds is 8. The Kier molecular flexibility index (Phi) is 8.87. The van der Waals surface area contributed by atoms with Gasteiger partial charge >= 0.3 is 6.18 Å². The third kappa shape index (κ3) is 7.22. The maximum atomic E-state index is 13.6. The zero-order valence-electron chi connectivity index (χ0n) is 22.3. The van der Waals surface area contributed by atoms with Crippen LogP contribution in [0.15, 0.2) is 66.9 Å². The molecule has 0 unspecified atom stereocenters. The lowest BCUT2D eigenvalue weighted by atomic mass is 9.99. The first-order valence-electron chi connectivity index (χ1n) is 13.3. The van der Waals surface area contributed by atoms with Crippen molar-refractivity contribution >= 4 is 5.91 Å². The summed E-state index contributed by atoms with van der Waals surface area (Å²) >= 11 is 0. The topological polar surface area (TPSA) is 36.4 Å². The Morgan fingerprint density at radius 2 is 1.74 bits per heavy atom. The van der Waals surface area contributed by atoms with Gasteiger partial charge in [0.15, 0.2) is 0 Å². The van der Waals surface area contributed by atoms with E-state index < -0.39 is 11.7 Å². The van der Waals surface area contributed by atoms with E-state index in [9.17, 15) is 18.0 Å². The van der Waals surface area contributed by atoms with Gasteiger partial charge in [-0.2, -0.15) is 13.2 Å². The number of aryl methyl sites for hydroxylation is 1. The van der Waals surface area contributed by atoms with E-state index in [0.717, 1.165) is 49.7 Å². The Balaban J connectivity index is 1.52. The SMILES string of the molecule is Cc1ccc(C(=O)N(Cc2ccc(-c3cccc(C(F)(F)F)c3)cc2)C2CCN(CCC(C)C)CC2)nc1. The zero-order valence-corrected chi connectivity index (χ0v) is 22.3. The van der Waals surface area contributed by atoms with Gasteiger partial charge in [0.2, 0.25) is 0 Å². The summed E-state index contributed by atoms with van der Waals surface area (Å²) in [6, 6.07) is 16.6. The number of carbonyl (C=O) groups excluding carboxylic acids is 1. The number of hydrogen-bond acceptors (Lipinski definition) is 3. The van der Waals surface area contributed by atoms with Gasteiger partial charge in [-0.05, 0) is 79.1 Å². The van der Waals surface area contributed by atoms with E-state index in [-0.39, 0.29) is 11.9 Å². The number of nitrogens with zero attached hydrogens (tertiary/aromatic N) is 3. The molecule has 7 heteroatoms. The van der Waals surface area contributed by atoms with Crippen molar-refractivity contribution in [2.24, 2.45) is 5.92 Å². The molecule has 1 fully saturated rings. The van der Waals surface area contributed by atoms with Gasteiger partial charge in [-0.25, -0.2) is 0 Å². The summed E-state index contributed by atoms with van der Waals surface area (Å²) < 4.78 is 39.5. The molecule has 0 radical (unpaired) electrons. The molecule has 0 aliphatic carbocycles. The normalized spacial score (nSPS) is 15.1. The average molecular weight is 524 g/mol. The van der Waals surface area contributed by atoms with Crippen LogP contribution in [-0.2, 0) is 12.7 Å². The van der Waals surface area contributed by atoms with Crippen LogP contribution in [0.1, 0.15) is 60.3 Å². The molecule has 1 aliphatic rings. The maximum Gasteiger partial charge on any atom is 0.416 e. The van der Waals surface area contributed by atoms with Crippen molar-refractivity contribution in [2.45, 2.75) is 58.8 Å². The van der Waals surface area contributed by atoms with Crippen LogP contribution in [0.5, 0.6) is 0 Å². The van der Waals surface area contributed by atoms with Crippen molar-refractivity contribution in [3.05, 3.63) is 89.2 Å². The molecule has 1 aliphatic heterocycles. The van der Waals surface area contributed by atoms with Crippen LogP contribution in [0.4, 0.5) is 13.2 Å². The molecule has 3 aromatic rings. The molecule has 0 saturated carbocycles. The van der Waals surface area contributed by atoms with Crippen molar-refractivity contribution in [3.8, 4) is 11.1 Å².